The van der Waals surface area contributed by atoms with E-state index in [-0.39, 0.29) is 12.1 Å². The molecule has 0 amide bonds. The second-order valence-electron chi connectivity index (χ2n) is 4.14. The van der Waals surface area contributed by atoms with Gasteiger partial charge >= 0.3 is 0 Å². The van der Waals surface area contributed by atoms with E-state index in [2.05, 4.69) is 37.4 Å². The van der Waals surface area contributed by atoms with Crippen LogP contribution in [0.1, 0.15) is 24.0 Å². The van der Waals surface area contributed by atoms with E-state index in [4.69, 9.17) is 0 Å². The van der Waals surface area contributed by atoms with Crippen molar-refractivity contribution in [3.63, 3.8) is 0 Å². The third-order valence-electron chi connectivity index (χ3n) is 3.18. The highest BCUT2D eigenvalue weighted by Crippen LogP contribution is 2.26. The average Bonchev–Trinajstić information content (AvgIpc) is 2.18. The van der Waals surface area contributed by atoms with E-state index < -0.39 is 0 Å². The molecule has 2 heteroatoms. The Labute approximate surface area is 85.0 Å². The maximum atomic E-state index is 9.47. The molecular formula is C12H17NO. The molecule has 1 aromatic rings. The van der Waals surface area contributed by atoms with Gasteiger partial charge in [0.15, 0.2) is 0 Å². The minimum absolute atomic E-state index is 0.157. The number of aliphatic hydroxyl groups excluding tert-OH is 1. The van der Waals surface area contributed by atoms with Crippen molar-refractivity contribution in [2.45, 2.75) is 38.8 Å². The lowest BCUT2D eigenvalue weighted by Gasteiger charge is -2.34. The SMILES string of the molecule is Cc1cccc(N[C@@H]2CC[C@H]2O)c1C. The molecule has 0 unspecified atom stereocenters. The molecule has 76 valence electrons. The first-order valence-corrected chi connectivity index (χ1v) is 5.19. The summed E-state index contributed by atoms with van der Waals surface area (Å²) in [5.41, 5.74) is 3.74. The summed E-state index contributed by atoms with van der Waals surface area (Å²) in [6.45, 7) is 4.22. The fraction of sp³-hybridized carbons (Fsp3) is 0.500. The zero-order valence-corrected chi connectivity index (χ0v) is 8.75. The Balaban J connectivity index is 2.12. The molecule has 2 nitrogen and oxygen atoms in total. The van der Waals surface area contributed by atoms with Crippen molar-refractivity contribution in [2.75, 3.05) is 5.32 Å². The van der Waals surface area contributed by atoms with Crippen molar-refractivity contribution < 1.29 is 5.11 Å². The summed E-state index contributed by atoms with van der Waals surface area (Å²) >= 11 is 0. The Morgan fingerprint density at radius 1 is 1.29 bits per heavy atom. The molecule has 0 aromatic heterocycles. The van der Waals surface area contributed by atoms with Crippen molar-refractivity contribution >= 4 is 5.69 Å². The third-order valence-corrected chi connectivity index (χ3v) is 3.18. The van der Waals surface area contributed by atoms with Gasteiger partial charge in [0.05, 0.1) is 12.1 Å². The minimum Gasteiger partial charge on any atom is -0.391 e. The van der Waals surface area contributed by atoms with Crippen LogP contribution in [0.25, 0.3) is 0 Å². The van der Waals surface area contributed by atoms with Crippen LogP contribution in [0.5, 0.6) is 0 Å². The molecule has 2 atom stereocenters. The van der Waals surface area contributed by atoms with Gasteiger partial charge in [-0.25, -0.2) is 0 Å². The molecule has 0 spiro atoms. The predicted octanol–water partition coefficient (Wildman–Crippen LogP) is 2.24. The van der Waals surface area contributed by atoms with Crippen LogP contribution >= 0.6 is 0 Å². The molecule has 0 saturated heterocycles. The predicted molar refractivity (Wildman–Crippen MR) is 58.6 cm³/mol. The maximum Gasteiger partial charge on any atom is 0.0741 e. The standard InChI is InChI=1S/C12H17NO/c1-8-4-3-5-10(9(8)2)13-11-6-7-12(11)14/h3-5,11-14H,6-7H2,1-2H3/t11-,12-/m1/s1. The van der Waals surface area contributed by atoms with Crippen molar-refractivity contribution in [2.24, 2.45) is 0 Å². The second-order valence-corrected chi connectivity index (χ2v) is 4.14. The first-order valence-electron chi connectivity index (χ1n) is 5.19. The molecule has 0 radical (unpaired) electrons. The van der Waals surface area contributed by atoms with Crippen molar-refractivity contribution in [3.05, 3.63) is 29.3 Å². The van der Waals surface area contributed by atoms with Crippen LogP contribution in [-0.2, 0) is 0 Å². The molecular weight excluding hydrogens is 174 g/mol. The highest BCUT2D eigenvalue weighted by Gasteiger charge is 2.28. The molecule has 0 heterocycles. The number of rotatable bonds is 2. The fourth-order valence-corrected chi connectivity index (χ4v) is 1.76. The van der Waals surface area contributed by atoms with Gasteiger partial charge in [0.2, 0.25) is 0 Å². The van der Waals surface area contributed by atoms with Crippen molar-refractivity contribution in [1.82, 2.24) is 0 Å². The minimum atomic E-state index is -0.157. The van der Waals surface area contributed by atoms with Gasteiger partial charge in [0.25, 0.3) is 0 Å². The molecule has 0 bridgehead atoms. The van der Waals surface area contributed by atoms with Gasteiger partial charge < -0.3 is 10.4 Å². The summed E-state index contributed by atoms with van der Waals surface area (Å²) < 4.78 is 0. The fourth-order valence-electron chi connectivity index (χ4n) is 1.76. The van der Waals surface area contributed by atoms with E-state index in [1.54, 1.807) is 0 Å². The number of hydrogen-bond donors (Lipinski definition) is 2. The zero-order chi connectivity index (χ0) is 10.1. The Hall–Kier alpha value is -1.02. The second kappa shape index (κ2) is 3.62. The van der Waals surface area contributed by atoms with E-state index >= 15 is 0 Å². The number of aliphatic hydroxyl groups is 1. The summed E-state index contributed by atoms with van der Waals surface area (Å²) in [6, 6.07) is 6.50. The third kappa shape index (κ3) is 1.62. The quantitative estimate of drug-likeness (QED) is 0.751. The lowest BCUT2D eigenvalue weighted by Crippen LogP contribution is -2.42. The summed E-state index contributed by atoms with van der Waals surface area (Å²) in [5.74, 6) is 0. The first-order chi connectivity index (χ1) is 6.68. The molecule has 1 aliphatic rings. The Morgan fingerprint density at radius 3 is 2.64 bits per heavy atom. The highest BCUT2D eigenvalue weighted by molar-refractivity contribution is 5.54. The smallest absolute Gasteiger partial charge is 0.0741 e. The monoisotopic (exact) mass is 191 g/mol. The molecule has 1 aromatic carbocycles. The van der Waals surface area contributed by atoms with Crippen LogP contribution in [0.15, 0.2) is 18.2 Å². The van der Waals surface area contributed by atoms with Crippen molar-refractivity contribution in [1.29, 1.82) is 0 Å². The topological polar surface area (TPSA) is 32.3 Å². The summed E-state index contributed by atoms with van der Waals surface area (Å²) in [4.78, 5) is 0. The molecule has 2 N–H and O–H groups in total. The van der Waals surface area contributed by atoms with E-state index in [1.165, 1.54) is 11.1 Å². The van der Waals surface area contributed by atoms with Gasteiger partial charge in [-0.15, -0.1) is 0 Å². The van der Waals surface area contributed by atoms with Crippen molar-refractivity contribution in [3.8, 4) is 0 Å². The zero-order valence-electron chi connectivity index (χ0n) is 8.75. The van der Waals surface area contributed by atoms with E-state index in [9.17, 15) is 5.11 Å². The van der Waals surface area contributed by atoms with Crippen LogP contribution in [0.4, 0.5) is 5.69 Å². The van der Waals surface area contributed by atoms with Crippen LogP contribution in [0.3, 0.4) is 0 Å². The van der Waals surface area contributed by atoms with Gasteiger partial charge in [-0.2, -0.15) is 0 Å². The lowest BCUT2D eigenvalue weighted by molar-refractivity contribution is 0.0786. The Morgan fingerprint density at radius 2 is 2.07 bits per heavy atom. The summed E-state index contributed by atoms with van der Waals surface area (Å²) in [5, 5.41) is 12.9. The summed E-state index contributed by atoms with van der Waals surface area (Å²) in [6.07, 6.45) is 1.85. The number of anilines is 1. The average molecular weight is 191 g/mol. The van der Waals surface area contributed by atoms with E-state index in [0.717, 1.165) is 18.5 Å². The van der Waals surface area contributed by atoms with Gasteiger partial charge in [-0.1, -0.05) is 12.1 Å². The van der Waals surface area contributed by atoms with Gasteiger partial charge in [-0.05, 0) is 43.9 Å². The van der Waals surface area contributed by atoms with Gasteiger partial charge in [0.1, 0.15) is 0 Å². The number of hydrogen-bond acceptors (Lipinski definition) is 2. The molecule has 2 rings (SSSR count). The molecule has 0 aliphatic heterocycles. The van der Waals surface area contributed by atoms with E-state index in [1.807, 2.05) is 0 Å². The normalized spacial score (nSPS) is 25.6. The summed E-state index contributed by atoms with van der Waals surface area (Å²) in [7, 11) is 0. The van der Waals surface area contributed by atoms with Crippen LogP contribution < -0.4 is 5.32 Å². The van der Waals surface area contributed by atoms with Gasteiger partial charge in [-0.3, -0.25) is 0 Å². The molecule has 1 fully saturated rings. The lowest BCUT2D eigenvalue weighted by atomic mass is 9.89. The van der Waals surface area contributed by atoms with Crippen LogP contribution in [0, 0.1) is 13.8 Å². The number of aryl methyl sites for hydroxylation is 1. The van der Waals surface area contributed by atoms with Crippen LogP contribution in [-0.4, -0.2) is 17.3 Å². The largest absolute Gasteiger partial charge is 0.391 e. The molecule has 1 saturated carbocycles. The number of benzene rings is 1. The van der Waals surface area contributed by atoms with Crippen LogP contribution in [0.2, 0.25) is 0 Å². The molecule has 1 aliphatic carbocycles. The Bertz CT molecular complexity index is 335. The van der Waals surface area contributed by atoms with Gasteiger partial charge in [0, 0.05) is 5.69 Å². The highest BCUT2D eigenvalue weighted by atomic mass is 16.3. The molecule has 14 heavy (non-hydrogen) atoms. The van der Waals surface area contributed by atoms with E-state index in [0.29, 0.717) is 0 Å². The first kappa shape index (κ1) is 9.53. The Kier molecular flexibility index (Phi) is 2.46. The maximum absolute atomic E-state index is 9.47. The number of nitrogens with one attached hydrogen (secondary N) is 1.